The van der Waals surface area contributed by atoms with Crippen molar-refractivity contribution >= 4 is 17.4 Å². The van der Waals surface area contributed by atoms with Crippen LogP contribution in [-0.2, 0) is 14.3 Å². The highest BCUT2D eigenvalue weighted by Gasteiger charge is 2.46. The molecule has 0 saturated carbocycles. The van der Waals surface area contributed by atoms with Gasteiger partial charge in [-0.05, 0) is 78.5 Å². The Hall–Kier alpha value is -3.22. The summed E-state index contributed by atoms with van der Waals surface area (Å²) >= 11 is 0. The monoisotopic (exact) mass is 575 g/mol. The molecular weight excluding hydrogens is 526 g/mol. The number of hydrogen-bond donors (Lipinski definition) is 2. The predicted molar refractivity (Wildman–Crippen MR) is 169 cm³/mol. The zero-order valence-corrected chi connectivity index (χ0v) is 26.8. The summed E-state index contributed by atoms with van der Waals surface area (Å²) in [6, 6.07) is 18.0. The maximum atomic E-state index is 12.7. The van der Waals surface area contributed by atoms with E-state index < -0.39 is 17.7 Å². The third kappa shape index (κ3) is 8.20. The van der Waals surface area contributed by atoms with Gasteiger partial charge in [-0.25, -0.2) is 4.79 Å². The summed E-state index contributed by atoms with van der Waals surface area (Å²) in [7, 11) is 0. The molecule has 6 heteroatoms. The molecule has 0 saturated heterocycles. The number of carbonyl (C=O) groups excluding carboxylic acids is 2. The molecule has 228 valence electrons. The van der Waals surface area contributed by atoms with E-state index in [0.29, 0.717) is 5.56 Å². The van der Waals surface area contributed by atoms with Gasteiger partial charge in [-0.1, -0.05) is 89.6 Å². The molecule has 0 heterocycles. The molecule has 6 nitrogen and oxygen atoms in total. The van der Waals surface area contributed by atoms with Gasteiger partial charge in [0.25, 0.3) is 5.91 Å². The Labute approximate surface area is 252 Å². The number of carbonyl (C=O) groups is 2. The first-order valence-corrected chi connectivity index (χ1v) is 14.9. The van der Waals surface area contributed by atoms with Crippen LogP contribution in [0.3, 0.4) is 0 Å². The fourth-order valence-corrected chi connectivity index (χ4v) is 5.60. The molecule has 2 aromatic rings. The summed E-state index contributed by atoms with van der Waals surface area (Å²) in [5.74, 6) is -1.12. The summed E-state index contributed by atoms with van der Waals surface area (Å²) in [5, 5.41) is 12.5. The molecule has 1 amide bonds. The standard InChI is InChI=1S/C36H49NO5/c1-10-41-33(40)29(38)23-37-32(39)28-18-16-26(17-19-28)30(22-34(4,5)6)42-36(35(7,8)9)20-24(2)31(25(3)21-36)27-14-12-11-13-15-27/h11-20,29-30,38H,10,21-23H2,1-9H3,(H,37,39). The lowest BCUT2D eigenvalue weighted by Crippen LogP contribution is -2.46. The van der Waals surface area contributed by atoms with Crippen molar-refractivity contribution in [2.75, 3.05) is 13.2 Å². The SMILES string of the molecule is CCOC(=O)C(O)CNC(=O)c1ccc(C(CC(C)(C)C)OC2(C(C)(C)C)C=C(C)C(c3ccccc3)=C(C)C2)cc1. The van der Waals surface area contributed by atoms with Crippen molar-refractivity contribution in [2.24, 2.45) is 10.8 Å². The third-order valence-electron chi connectivity index (χ3n) is 7.84. The lowest BCUT2D eigenvalue weighted by atomic mass is 9.67. The van der Waals surface area contributed by atoms with E-state index in [0.717, 1.165) is 18.4 Å². The molecule has 0 radical (unpaired) electrons. The van der Waals surface area contributed by atoms with Crippen LogP contribution in [0.25, 0.3) is 5.57 Å². The fourth-order valence-electron chi connectivity index (χ4n) is 5.60. The maximum Gasteiger partial charge on any atom is 0.336 e. The second-order valence-electron chi connectivity index (χ2n) is 13.6. The molecule has 2 aromatic carbocycles. The average Bonchev–Trinajstić information content (AvgIpc) is 2.90. The number of ether oxygens (including phenoxy) is 2. The van der Waals surface area contributed by atoms with Crippen molar-refractivity contribution in [3.05, 3.63) is 88.5 Å². The number of rotatable bonds is 10. The van der Waals surface area contributed by atoms with Gasteiger partial charge in [0.05, 0.1) is 24.9 Å². The molecule has 0 aromatic heterocycles. The minimum Gasteiger partial charge on any atom is -0.464 e. The number of nitrogens with one attached hydrogen (secondary N) is 1. The summed E-state index contributed by atoms with van der Waals surface area (Å²) in [6.45, 7) is 19.4. The van der Waals surface area contributed by atoms with Crippen LogP contribution in [0.4, 0.5) is 0 Å². The number of benzene rings is 2. The lowest BCUT2D eigenvalue weighted by molar-refractivity contribution is -0.152. The fraction of sp³-hybridized carbons (Fsp3) is 0.500. The van der Waals surface area contributed by atoms with E-state index in [4.69, 9.17) is 9.47 Å². The first-order chi connectivity index (χ1) is 19.6. The zero-order chi connectivity index (χ0) is 31.3. The van der Waals surface area contributed by atoms with Crippen LogP contribution in [0.2, 0.25) is 0 Å². The Morgan fingerprint density at radius 1 is 0.976 bits per heavy atom. The third-order valence-corrected chi connectivity index (χ3v) is 7.84. The highest BCUT2D eigenvalue weighted by Crippen LogP contribution is 2.50. The second kappa shape index (κ2) is 13.4. The number of amides is 1. The van der Waals surface area contributed by atoms with Gasteiger partial charge in [-0.2, -0.15) is 0 Å². The Morgan fingerprint density at radius 3 is 2.12 bits per heavy atom. The van der Waals surface area contributed by atoms with Crippen LogP contribution >= 0.6 is 0 Å². The average molecular weight is 576 g/mol. The summed E-state index contributed by atoms with van der Waals surface area (Å²) in [5.41, 5.74) is 5.75. The maximum absolute atomic E-state index is 12.7. The molecule has 3 unspecified atom stereocenters. The number of aliphatic hydroxyl groups is 1. The van der Waals surface area contributed by atoms with Gasteiger partial charge < -0.3 is 19.9 Å². The number of allylic oxidation sites excluding steroid dienone is 2. The molecule has 0 bridgehead atoms. The van der Waals surface area contributed by atoms with Crippen molar-refractivity contribution in [1.29, 1.82) is 0 Å². The molecule has 0 spiro atoms. The Balaban J connectivity index is 1.90. The first kappa shape index (κ1) is 33.3. The molecule has 3 rings (SSSR count). The number of aliphatic hydroxyl groups excluding tert-OH is 1. The normalized spacial score (nSPS) is 19.1. The van der Waals surface area contributed by atoms with Crippen LogP contribution in [0.5, 0.6) is 0 Å². The molecule has 3 atom stereocenters. The predicted octanol–water partition coefficient (Wildman–Crippen LogP) is 7.44. The smallest absolute Gasteiger partial charge is 0.336 e. The van der Waals surface area contributed by atoms with E-state index in [2.05, 4.69) is 91.0 Å². The van der Waals surface area contributed by atoms with E-state index in [9.17, 15) is 14.7 Å². The van der Waals surface area contributed by atoms with Crippen LogP contribution < -0.4 is 5.32 Å². The molecule has 1 aliphatic rings. The second-order valence-corrected chi connectivity index (χ2v) is 13.6. The van der Waals surface area contributed by atoms with E-state index >= 15 is 0 Å². The first-order valence-electron chi connectivity index (χ1n) is 14.9. The molecule has 0 fully saturated rings. The van der Waals surface area contributed by atoms with E-state index in [-0.39, 0.29) is 36.0 Å². The van der Waals surface area contributed by atoms with Crippen LogP contribution in [-0.4, -0.2) is 41.8 Å². The molecule has 2 N–H and O–H groups in total. The number of hydrogen-bond acceptors (Lipinski definition) is 5. The van der Waals surface area contributed by atoms with Crippen LogP contribution in [0.15, 0.2) is 71.8 Å². The highest BCUT2D eigenvalue weighted by molar-refractivity contribution is 5.94. The summed E-state index contributed by atoms with van der Waals surface area (Å²) < 4.78 is 12.1. The number of esters is 1. The van der Waals surface area contributed by atoms with Gasteiger partial charge in [-0.3, -0.25) is 4.79 Å². The van der Waals surface area contributed by atoms with Gasteiger partial charge in [0.15, 0.2) is 6.10 Å². The Bertz CT molecular complexity index is 1300. The highest BCUT2D eigenvalue weighted by atomic mass is 16.5. The summed E-state index contributed by atoms with van der Waals surface area (Å²) in [4.78, 5) is 24.4. The zero-order valence-electron chi connectivity index (χ0n) is 26.8. The molecular formula is C36H49NO5. The van der Waals surface area contributed by atoms with Crippen molar-refractivity contribution in [1.82, 2.24) is 5.32 Å². The van der Waals surface area contributed by atoms with Gasteiger partial charge in [-0.15, -0.1) is 0 Å². The van der Waals surface area contributed by atoms with E-state index in [1.165, 1.54) is 22.3 Å². The van der Waals surface area contributed by atoms with Crippen LogP contribution in [0.1, 0.15) is 103 Å². The van der Waals surface area contributed by atoms with Crippen LogP contribution in [0, 0.1) is 10.8 Å². The quantitative estimate of drug-likeness (QED) is 0.288. The Kier molecular flexibility index (Phi) is 10.6. The van der Waals surface area contributed by atoms with Gasteiger partial charge >= 0.3 is 5.97 Å². The largest absolute Gasteiger partial charge is 0.464 e. The minimum absolute atomic E-state index is 0.00344. The summed E-state index contributed by atoms with van der Waals surface area (Å²) in [6.07, 6.45) is 2.29. The molecule has 1 aliphatic carbocycles. The Morgan fingerprint density at radius 2 is 1.60 bits per heavy atom. The van der Waals surface area contributed by atoms with Gasteiger partial charge in [0.1, 0.15) is 0 Å². The van der Waals surface area contributed by atoms with Crippen molar-refractivity contribution < 1.29 is 24.2 Å². The van der Waals surface area contributed by atoms with Gasteiger partial charge in [0.2, 0.25) is 0 Å². The van der Waals surface area contributed by atoms with E-state index in [1.54, 1.807) is 19.1 Å². The molecule has 0 aliphatic heterocycles. The minimum atomic E-state index is -1.40. The topological polar surface area (TPSA) is 84.9 Å². The van der Waals surface area contributed by atoms with Crippen molar-refractivity contribution in [3.63, 3.8) is 0 Å². The van der Waals surface area contributed by atoms with Gasteiger partial charge in [0, 0.05) is 12.0 Å². The van der Waals surface area contributed by atoms with Crippen molar-refractivity contribution in [3.8, 4) is 0 Å². The van der Waals surface area contributed by atoms with E-state index in [1.807, 2.05) is 18.2 Å². The lowest BCUT2D eigenvalue weighted by Gasteiger charge is -2.48. The molecule has 42 heavy (non-hydrogen) atoms. The van der Waals surface area contributed by atoms with Crippen molar-refractivity contribution in [2.45, 2.75) is 93.0 Å².